The molecule has 6 nitrogen and oxygen atoms in total. The van der Waals surface area contributed by atoms with E-state index in [9.17, 15) is 9.59 Å². The third-order valence-corrected chi connectivity index (χ3v) is 1.81. The zero-order valence-corrected chi connectivity index (χ0v) is 9.65. The molecule has 0 radical (unpaired) electrons. The topological polar surface area (TPSA) is 78.9 Å². The number of ether oxygens (including phenoxy) is 1. The van der Waals surface area contributed by atoms with Crippen molar-refractivity contribution in [2.24, 2.45) is 0 Å². The van der Waals surface area contributed by atoms with Crippen LogP contribution in [0.3, 0.4) is 0 Å². The van der Waals surface area contributed by atoms with Gasteiger partial charge in [-0.1, -0.05) is 6.58 Å². The minimum absolute atomic E-state index is 0.0622. The van der Waals surface area contributed by atoms with Gasteiger partial charge in [-0.15, -0.1) is 0 Å². The van der Waals surface area contributed by atoms with Crippen LogP contribution >= 0.6 is 0 Å². The van der Waals surface area contributed by atoms with Crippen LogP contribution in [0, 0.1) is 0 Å². The molecule has 6 heteroatoms. The van der Waals surface area contributed by atoms with E-state index in [2.05, 4.69) is 11.9 Å². The number of rotatable bonds is 8. The molecule has 2 N–H and O–H groups in total. The van der Waals surface area contributed by atoms with Crippen molar-refractivity contribution in [1.82, 2.24) is 10.2 Å². The van der Waals surface area contributed by atoms with E-state index in [0.717, 1.165) is 0 Å². The molecule has 1 amide bonds. The molecule has 0 aliphatic heterocycles. The van der Waals surface area contributed by atoms with Gasteiger partial charge in [0.1, 0.15) is 0 Å². The van der Waals surface area contributed by atoms with Gasteiger partial charge in [0.2, 0.25) is 5.91 Å². The molecule has 0 aromatic heterocycles. The predicted molar refractivity (Wildman–Crippen MR) is 59.2 cm³/mol. The van der Waals surface area contributed by atoms with Gasteiger partial charge >= 0.3 is 5.97 Å². The SMILES string of the molecule is C=C(CN(C)CC(=O)NCCOC)C(=O)O. The van der Waals surface area contributed by atoms with Crippen molar-refractivity contribution in [2.75, 3.05) is 40.4 Å². The van der Waals surface area contributed by atoms with Gasteiger partial charge < -0.3 is 15.2 Å². The van der Waals surface area contributed by atoms with Gasteiger partial charge in [0, 0.05) is 25.8 Å². The van der Waals surface area contributed by atoms with Gasteiger partial charge in [0.25, 0.3) is 0 Å². The molecule has 0 heterocycles. The molecule has 0 saturated heterocycles. The van der Waals surface area contributed by atoms with E-state index in [4.69, 9.17) is 9.84 Å². The fraction of sp³-hybridized carbons (Fsp3) is 0.600. The summed E-state index contributed by atoms with van der Waals surface area (Å²) in [6.45, 7) is 4.58. The summed E-state index contributed by atoms with van der Waals surface area (Å²) < 4.78 is 4.77. The van der Waals surface area contributed by atoms with Gasteiger partial charge in [-0.25, -0.2) is 4.79 Å². The van der Waals surface area contributed by atoms with E-state index in [1.54, 1.807) is 19.1 Å². The maximum Gasteiger partial charge on any atom is 0.332 e. The largest absolute Gasteiger partial charge is 0.478 e. The Kier molecular flexibility index (Phi) is 7.15. The van der Waals surface area contributed by atoms with Crippen LogP contribution in [0.4, 0.5) is 0 Å². The highest BCUT2D eigenvalue weighted by molar-refractivity contribution is 5.86. The second-order valence-corrected chi connectivity index (χ2v) is 3.42. The normalized spacial score (nSPS) is 10.2. The summed E-state index contributed by atoms with van der Waals surface area (Å²) in [4.78, 5) is 23.4. The van der Waals surface area contributed by atoms with E-state index in [1.165, 1.54) is 0 Å². The average Bonchev–Trinajstić information content (AvgIpc) is 2.17. The van der Waals surface area contributed by atoms with Crippen LogP contribution < -0.4 is 5.32 Å². The number of nitrogens with one attached hydrogen (secondary N) is 1. The summed E-state index contributed by atoms with van der Waals surface area (Å²) in [7, 11) is 3.21. The van der Waals surface area contributed by atoms with Gasteiger partial charge in [-0.3, -0.25) is 9.69 Å². The number of nitrogens with zero attached hydrogens (tertiary/aromatic N) is 1. The molecule has 0 aliphatic rings. The lowest BCUT2D eigenvalue weighted by Crippen LogP contribution is -2.37. The molecule has 92 valence electrons. The molecule has 0 saturated carbocycles. The first kappa shape index (κ1) is 14.6. The Labute approximate surface area is 94.9 Å². The molecular formula is C10H18N2O4. The molecule has 0 atom stereocenters. The van der Waals surface area contributed by atoms with Gasteiger partial charge in [0.05, 0.1) is 13.2 Å². The summed E-state index contributed by atoms with van der Waals surface area (Å²) in [6, 6.07) is 0. The van der Waals surface area contributed by atoms with Crippen molar-refractivity contribution in [2.45, 2.75) is 0 Å². The Morgan fingerprint density at radius 2 is 2.06 bits per heavy atom. The minimum atomic E-state index is -1.05. The zero-order valence-electron chi connectivity index (χ0n) is 9.65. The van der Waals surface area contributed by atoms with Crippen molar-refractivity contribution in [3.63, 3.8) is 0 Å². The molecular weight excluding hydrogens is 212 g/mol. The van der Waals surface area contributed by atoms with Crippen LogP contribution in [0.1, 0.15) is 0 Å². The second-order valence-electron chi connectivity index (χ2n) is 3.42. The number of hydrogen-bond acceptors (Lipinski definition) is 4. The summed E-state index contributed by atoms with van der Waals surface area (Å²) in [5.41, 5.74) is 0.0622. The average molecular weight is 230 g/mol. The number of hydrogen-bond donors (Lipinski definition) is 2. The Hall–Kier alpha value is -1.40. The van der Waals surface area contributed by atoms with Crippen molar-refractivity contribution in [3.05, 3.63) is 12.2 Å². The number of carboxylic acid groups (broad SMARTS) is 1. The minimum Gasteiger partial charge on any atom is -0.478 e. The molecule has 16 heavy (non-hydrogen) atoms. The Balaban J connectivity index is 3.78. The summed E-state index contributed by atoms with van der Waals surface area (Å²) in [5, 5.41) is 11.2. The van der Waals surface area contributed by atoms with Crippen LogP contribution in [0.15, 0.2) is 12.2 Å². The second kappa shape index (κ2) is 7.84. The summed E-state index contributed by atoms with van der Waals surface area (Å²) >= 11 is 0. The van der Waals surface area contributed by atoms with Gasteiger partial charge in [-0.2, -0.15) is 0 Å². The fourth-order valence-electron chi connectivity index (χ4n) is 1.04. The van der Waals surface area contributed by atoms with E-state index in [0.29, 0.717) is 13.2 Å². The molecule has 0 bridgehead atoms. The monoisotopic (exact) mass is 230 g/mol. The highest BCUT2D eigenvalue weighted by atomic mass is 16.5. The maximum absolute atomic E-state index is 11.3. The van der Waals surface area contributed by atoms with Crippen molar-refractivity contribution >= 4 is 11.9 Å². The van der Waals surface area contributed by atoms with Crippen LogP contribution in [0.2, 0.25) is 0 Å². The number of aliphatic carboxylic acids is 1. The number of methoxy groups -OCH3 is 1. The summed E-state index contributed by atoms with van der Waals surface area (Å²) in [5.74, 6) is -1.22. The Morgan fingerprint density at radius 1 is 1.44 bits per heavy atom. The number of carbonyl (C=O) groups is 2. The fourth-order valence-corrected chi connectivity index (χ4v) is 1.04. The Morgan fingerprint density at radius 3 is 2.56 bits per heavy atom. The van der Waals surface area contributed by atoms with E-state index < -0.39 is 5.97 Å². The van der Waals surface area contributed by atoms with Crippen molar-refractivity contribution in [3.8, 4) is 0 Å². The highest BCUT2D eigenvalue weighted by Gasteiger charge is 2.10. The Bertz CT molecular complexity index is 266. The summed E-state index contributed by atoms with van der Waals surface area (Å²) in [6.07, 6.45) is 0. The third-order valence-electron chi connectivity index (χ3n) is 1.81. The third kappa shape index (κ3) is 6.97. The van der Waals surface area contributed by atoms with Gasteiger partial charge in [0.15, 0.2) is 0 Å². The lowest BCUT2D eigenvalue weighted by molar-refractivity contribution is -0.133. The first-order valence-electron chi connectivity index (χ1n) is 4.82. The van der Waals surface area contributed by atoms with Crippen LogP contribution in [0.25, 0.3) is 0 Å². The van der Waals surface area contributed by atoms with E-state index in [-0.39, 0.29) is 24.6 Å². The van der Waals surface area contributed by atoms with Crippen LogP contribution in [-0.2, 0) is 14.3 Å². The molecule has 0 aromatic carbocycles. The zero-order chi connectivity index (χ0) is 12.6. The number of carbonyl (C=O) groups excluding carboxylic acids is 1. The molecule has 0 fully saturated rings. The quantitative estimate of drug-likeness (QED) is 0.427. The first-order chi connectivity index (χ1) is 7.47. The smallest absolute Gasteiger partial charge is 0.332 e. The van der Waals surface area contributed by atoms with Crippen molar-refractivity contribution < 1.29 is 19.4 Å². The van der Waals surface area contributed by atoms with E-state index in [1.807, 2.05) is 0 Å². The lowest BCUT2D eigenvalue weighted by Gasteiger charge is -2.15. The van der Waals surface area contributed by atoms with Crippen LogP contribution in [0.5, 0.6) is 0 Å². The standard InChI is InChI=1S/C10H18N2O4/c1-8(10(14)15)6-12(2)7-9(13)11-4-5-16-3/h1,4-7H2,2-3H3,(H,11,13)(H,14,15). The molecule has 0 spiro atoms. The van der Waals surface area contributed by atoms with E-state index >= 15 is 0 Å². The number of likely N-dealkylation sites (N-methyl/N-ethyl adjacent to an activating group) is 1. The molecule has 0 unspecified atom stereocenters. The van der Waals surface area contributed by atoms with Crippen LogP contribution in [-0.4, -0.2) is 62.3 Å². The lowest BCUT2D eigenvalue weighted by atomic mass is 10.3. The first-order valence-corrected chi connectivity index (χ1v) is 4.82. The van der Waals surface area contributed by atoms with Gasteiger partial charge in [-0.05, 0) is 7.05 Å². The van der Waals surface area contributed by atoms with Crippen molar-refractivity contribution in [1.29, 1.82) is 0 Å². The molecule has 0 aromatic rings. The molecule has 0 rings (SSSR count). The molecule has 0 aliphatic carbocycles. The number of carboxylic acids is 1. The number of amides is 1. The highest BCUT2D eigenvalue weighted by Crippen LogP contribution is 1.93. The predicted octanol–water partition coefficient (Wildman–Crippen LogP) is -0.678. The maximum atomic E-state index is 11.3.